The smallest absolute Gasteiger partial charge is 0.389 e. The second-order valence-electron chi connectivity index (χ2n) is 4.59. The number of benzene rings is 1. The number of halogens is 3. The molecule has 0 radical (unpaired) electrons. The first-order valence-electron chi connectivity index (χ1n) is 5.98. The molecule has 0 fully saturated rings. The van der Waals surface area contributed by atoms with Gasteiger partial charge in [-0.2, -0.15) is 13.2 Å². The Labute approximate surface area is 108 Å². The van der Waals surface area contributed by atoms with Crippen molar-refractivity contribution in [1.82, 2.24) is 0 Å². The Hall–Kier alpha value is -1.72. The minimum Gasteiger partial charge on any atom is -0.481 e. The van der Waals surface area contributed by atoms with E-state index in [2.05, 4.69) is 5.32 Å². The van der Waals surface area contributed by atoms with Crippen LogP contribution in [0.3, 0.4) is 0 Å². The highest BCUT2D eigenvalue weighted by atomic mass is 19.4. The SMILES string of the molecule is Cc1cc(CCCC(F)(F)F)cc2c1OCC(=O)N2. The number of aryl methyl sites for hydroxylation is 2. The van der Waals surface area contributed by atoms with E-state index in [-0.39, 0.29) is 18.9 Å². The third kappa shape index (κ3) is 3.62. The van der Waals surface area contributed by atoms with Gasteiger partial charge in [0.05, 0.1) is 5.69 Å². The predicted molar refractivity (Wildman–Crippen MR) is 64.3 cm³/mol. The van der Waals surface area contributed by atoms with E-state index in [0.717, 1.165) is 11.1 Å². The first-order valence-corrected chi connectivity index (χ1v) is 5.98. The largest absolute Gasteiger partial charge is 0.481 e. The fourth-order valence-corrected chi connectivity index (χ4v) is 2.09. The summed E-state index contributed by atoms with van der Waals surface area (Å²) in [6.45, 7) is 1.78. The minimum atomic E-state index is -4.12. The van der Waals surface area contributed by atoms with Crippen molar-refractivity contribution < 1.29 is 22.7 Å². The summed E-state index contributed by atoms with van der Waals surface area (Å²) in [5, 5.41) is 2.66. The maximum Gasteiger partial charge on any atom is 0.389 e. The molecule has 0 aliphatic carbocycles. The molecule has 0 saturated heterocycles. The van der Waals surface area contributed by atoms with Gasteiger partial charge in [-0.3, -0.25) is 4.79 Å². The topological polar surface area (TPSA) is 38.3 Å². The highest BCUT2D eigenvalue weighted by Gasteiger charge is 2.26. The summed E-state index contributed by atoms with van der Waals surface area (Å²) in [5.41, 5.74) is 2.13. The van der Waals surface area contributed by atoms with Crippen LogP contribution in [0, 0.1) is 6.92 Å². The molecule has 6 heteroatoms. The number of carbonyl (C=O) groups is 1. The van der Waals surface area contributed by atoms with Crippen molar-refractivity contribution in [2.75, 3.05) is 11.9 Å². The van der Waals surface area contributed by atoms with Crippen LogP contribution in [0.2, 0.25) is 0 Å². The second-order valence-corrected chi connectivity index (χ2v) is 4.59. The molecule has 1 aromatic carbocycles. The van der Waals surface area contributed by atoms with Gasteiger partial charge in [-0.15, -0.1) is 0 Å². The number of fused-ring (bicyclic) bond motifs is 1. The van der Waals surface area contributed by atoms with E-state index < -0.39 is 12.6 Å². The van der Waals surface area contributed by atoms with Crippen molar-refractivity contribution in [2.45, 2.75) is 32.4 Å². The number of hydrogen-bond donors (Lipinski definition) is 1. The summed E-state index contributed by atoms with van der Waals surface area (Å²) in [7, 11) is 0. The molecule has 104 valence electrons. The quantitative estimate of drug-likeness (QED) is 0.918. The van der Waals surface area contributed by atoms with Crippen LogP contribution in [0.25, 0.3) is 0 Å². The van der Waals surface area contributed by atoms with E-state index in [9.17, 15) is 18.0 Å². The number of ether oxygens (including phenoxy) is 1. The van der Waals surface area contributed by atoms with Gasteiger partial charge in [-0.25, -0.2) is 0 Å². The lowest BCUT2D eigenvalue weighted by atomic mass is 10.0. The average molecular weight is 273 g/mol. The van der Waals surface area contributed by atoms with Crippen molar-refractivity contribution in [2.24, 2.45) is 0 Å². The summed E-state index contributed by atoms with van der Waals surface area (Å²) in [6, 6.07) is 3.47. The van der Waals surface area contributed by atoms with Crippen LogP contribution >= 0.6 is 0 Å². The molecule has 1 aromatic rings. The van der Waals surface area contributed by atoms with Gasteiger partial charge < -0.3 is 10.1 Å². The van der Waals surface area contributed by atoms with Crippen LogP contribution in [0.5, 0.6) is 5.75 Å². The van der Waals surface area contributed by atoms with Gasteiger partial charge in [0.2, 0.25) is 0 Å². The van der Waals surface area contributed by atoms with E-state index in [0.29, 0.717) is 17.9 Å². The minimum absolute atomic E-state index is 0.0265. The predicted octanol–water partition coefficient (Wildman–Crippen LogP) is 3.21. The van der Waals surface area contributed by atoms with E-state index in [1.807, 2.05) is 6.92 Å². The number of amides is 1. The van der Waals surface area contributed by atoms with Crippen LogP contribution in [0.15, 0.2) is 12.1 Å². The van der Waals surface area contributed by atoms with Gasteiger partial charge >= 0.3 is 6.18 Å². The van der Waals surface area contributed by atoms with Crippen molar-refractivity contribution in [3.63, 3.8) is 0 Å². The fourth-order valence-electron chi connectivity index (χ4n) is 2.09. The Bertz CT molecular complexity index is 497. The molecule has 0 aromatic heterocycles. The van der Waals surface area contributed by atoms with Gasteiger partial charge in [-0.1, -0.05) is 6.07 Å². The molecular formula is C13H14F3NO2. The molecule has 0 saturated carbocycles. The molecule has 0 spiro atoms. The Morgan fingerprint density at radius 3 is 2.79 bits per heavy atom. The van der Waals surface area contributed by atoms with Gasteiger partial charge in [0.25, 0.3) is 5.91 Å². The molecule has 3 nitrogen and oxygen atoms in total. The van der Waals surface area contributed by atoms with E-state index in [1.165, 1.54) is 0 Å². The average Bonchev–Trinajstić information content (AvgIpc) is 2.26. The molecule has 1 amide bonds. The Morgan fingerprint density at radius 2 is 2.11 bits per heavy atom. The van der Waals surface area contributed by atoms with Crippen molar-refractivity contribution in [3.05, 3.63) is 23.3 Å². The van der Waals surface area contributed by atoms with E-state index in [4.69, 9.17) is 4.74 Å². The number of anilines is 1. The molecular weight excluding hydrogens is 259 g/mol. The lowest BCUT2D eigenvalue weighted by molar-refractivity contribution is -0.135. The molecule has 0 unspecified atom stereocenters. The van der Waals surface area contributed by atoms with Crippen LogP contribution in [-0.4, -0.2) is 18.7 Å². The zero-order valence-electron chi connectivity index (χ0n) is 10.4. The number of rotatable bonds is 3. The van der Waals surface area contributed by atoms with Crippen LogP contribution in [-0.2, 0) is 11.2 Å². The van der Waals surface area contributed by atoms with Crippen molar-refractivity contribution in [1.29, 1.82) is 0 Å². The normalized spacial score (nSPS) is 14.6. The molecule has 0 atom stereocenters. The Morgan fingerprint density at radius 1 is 1.37 bits per heavy atom. The van der Waals surface area contributed by atoms with Crippen LogP contribution in [0.1, 0.15) is 24.0 Å². The molecule has 19 heavy (non-hydrogen) atoms. The highest BCUT2D eigenvalue weighted by molar-refractivity contribution is 5.95. The first-order chi connectivity index (χ1) is 8.85. The zero-order valence-corrected chi connectivity index (χ0v) is 10.4. The molecule has 2 rings (SSSR count). The third-order valence-electron chi connectivity index (χ3n) is 2.88. The standard InChI is InChI=1S/C13H14F3NO2/c1-8-5-9(3-2-4-13(14,15)16)6-10-12(8)19-7-11(18)17-10/h5-6H,2-4,7H2,1H3,(H,17,18). The van der Waals surface area contributed by atoms with Gasteiger partial charge in [0, 0.05) is 6.42 Å². The fraction of sp³-hybridized carbons (Fsp3) is 0.462. The first kappa shape index (κ1) is 13.7. The van der Waals surface area contributed by atoms with Crippen molar-refractivity contribution in [3.8, 4) is 5.75 Å². The number of alkyl halides is 3. The monoisotopic (exact) mass is 273 g/mol. The summed E-state index contributed by atoms with van der Waals surface area (Å²) in [4.78, 5) is 11.2. The van der Waals surface area contributed by atoms with E-state index >= 15 is 0 Å². The molecule has 1 aliphatic heterocycles. The zero-order chi connectivity index (χ0) is 14.0. The molecule has 0 bridgehead atoms. The summed E-state index contributed by atoms with van der Waals surface area (Å²) in [5.74, 6) is 0.346. The number of nitrogens with one attached hydrogen (secondary N) is 1. The van der Waals surface area contributed by atoms with Crippen molar-refractivity contribution >= 4 is 11.6 Å². The maximum absolute atomic E-state index is 12.1. The van der Waals surface area contributed by atoms with Gasteiger partial charge in [0.15, 0.2) is 6.61 Å². The lowest BCUT2D eigenvalue weighted by Gasteiger charge is -2.21. The third-order valence-corrected chi connectivity index (χ3v) is 2.88. The van der Waals surface area contributed by atoms with Gasteiger partial charge in [0.1, 0.15) is 5.75 Å². The second kappa shape index (κ2) is 5.11. The maximum atomic E-state index is 12.1. The van der Waals surface area contributed by atoms with E-state index in [1.54, 1.807) is 12.1 Å². The number of hydrogen-bond acceptors (Lipinski definition) is 2. The molecule has 1 aliphatic rings. The highest BCUT2D eigenvalue weighted by Crippen LogP contribution is 2.33. The molecule has 1 heterocycles. The summed E-state index contributed by atoms with van der Waals surface area (Å²) in [6.07, 6.45) is -4.56. The lowest BCUT2D eigenvalue weighted by Crippen LogP contribution is -2.26. The number of carbonyl (C=O) groups excluding carboxylic acids is 1. The summed E-state index contributed by atoms with van der Waals surface area (Å²) >= 11 is 0. The Balaban J connectivity index is 2.08. The van der Waals surface area contributed by atoms with Crippen LogP contribution in [0.4, 0.5) is 18.9 Å². The van der Waals surface area contributed by atoms with Gasteiger partial charge in [-0.05, 0) is 37.0 Å². The summed E-state index contributed by atoms with van der Waals surface area (Å²) < 4.78 is 41.5. The Kier molecular flexibility index (Phi) is 3.68. The van der Waals surface area contributed by atoms with Crippen LogP contribution < -0.4 is 10.1 Å². The molecule has 1 N–H and O–H groups in total.